The Morgan fingerprint density at radius 1 is 1.23 bits per heavy atom. The van der Waals surface area contributed by atoms with Gasteiger partial charge >= 0.3 is 6.09 Å². The summed E-state index contributed by atoms with van der Waals surface area (Å²) in [5.74, 6) is -0.121. The van der Waals surface area contributed by atoms with E-state index in [0.29, 0.717) is 44.6 Å². The van der Waals surface area contributed by atoms with Gasteiger partial charge in [-0.15, -0.1) is 0 Å². The zero-order chi connectivity index (χ0) is 16.2. The van der Waals surface area contributed by atoms with Gasteiger partial charge < -0.3 is 20.7 Å². The van der Waals surface area contributed by atoms with Gasteiger partial charge in [0.05, 0.1) is 6.61 Å². The van der Waals surface area contributed by atoms with E-state index in [1.807, 2.05) is 12.1 Å². The zero-order valence-electron chi connectivity index (χ0n) is 12.6. The summed E-state index contributed by atoms with van der Waals surface area (Å²) in [4.78, 5) is 32.9. The molecule has 1 aromatic carbocycles. The first-order valence-corrected chi connectivity index (χ1v) is 7.12. The van der Waals surface area contributed by atoms with E-state index < -0.39 is 6.09 Å². The van der Waals surface area contributed by atoms with Crippen LogP contribution >= 0.6 is 0 Å². The second-order valence-electron chi connectivity index (χ2n) is 4.49. The molecule has 0 atom stereocenters. The number of alkyl carbamates (subject to hydrolysis) is 1. The monoisotopic (exact) mass is 307 g/mol. The Balaban J connectivity index is 2.24. The van der Waals surface area contributed by atoms with Crippen LogP contribution in [0.25, 0.3) is 0 Å². The van der Waals surface area contributed by atoms with Gasteiger partial charge in [0, 0.05) is 25.2 Å². The lowest BCUT2D eigenvalue weighted by Crippen LogP contribution is -2.26. The van der Waals surface area contributed by atoms with Crippen molar-refractivity contribution in [3.05, 3.63) is 29.8 Å². The maximum atomic E-state index is 11.7. The maximum Gasteiger partial charge on any atom is 0.407 e. The highest BCUT2D eigenvalue weighted by molar-refractivity contribution is 5.90. The van der Waals surface area contributed by atoms with Crippen molar-refractivity contribution in [2.75, 3.05) is 18.5 Å². The molecule has 0 radical (unpaired) electrons. The molecule has 0 bridgehead atoms. The third-order valence-corrected chi connectivity index (χ3v) is 2.75. The molecule has 0 heterocycles. The minimum absolute atomic E-state index is 0.121. The molecule has 7 heteroatoms. The second-order valence-corrected chi connectivity index (χ2v) is 4.49. The highest BCUT2D eigenvalue weighted by Gasteiger charge is 2.04. The van der Waals surface area contributed by atoms with Crippen LogP contribution in [0.1, 0.15) is 25.3 Å². The number of amides is 3. The third kappa shape index (κ3) is 7.28. The highest BCUT2D eigenvalue weighted by atomic mass is 16.5. The van der Waals surface area contributed by atoms with Crippen molar-refractivity contribution in [3.8, 4) is 0 Å². The predicted molar refractivity (Wildman–Crippen MR) is 82.2 cm³/mol. The number of carbonyl (C=O) groups excluding carboxylic acids is 3. The maximum absolute atomic E-state index is 11.7. The molecule has 22 heavy (non-hydrogen) atoms. The topological polar surface area (TPSA) is 96.5 Å². The van der Waals surface area contributed by atoms with Gasteiger partial charge in [-0.05, 0) is 31.0 Å². The molecule has 0 spiro atoms. The number of carbonyl (C=O) groups is 3. The van der Waals surface area contributed by atoms with Crippen LogP contribution in [-0.4, -0.2) is 31.6 Å². The van der Waals surface area contributed by atoms with Crippen LogP contribution in [0.15, 0.2) is 24.3 Å². The van der Waals surface area contributed by atoms with Gasteiger partial charge in [0.2, 0.25) is 12.3 Å². The van der Waals surface area contributed by atoms with Crippen LogP contribution in [0.5, 0.6) is 0 Å². The van der Waals surface area contributed by atoms with E-state index in [1.54, 1.807) is 19.1 Å². The first-order valence-electron chi connectivity index (χ1n) is 7.12. The molecular formula is C15H21N3O4. The zero-order valence-corrected chi connectivity index (χ0v) is 12.6. The van der Waals surface area contributed by atoms with Crippen molar-refractivity contribution in [3.63, 3.8) is 0 Å². The first kappa shape index (κ1) is 17.5. The van der Waals surface area contributed by atoms with Gasteiger partial charge in [0.25, 0.3) is 0 Å². The summed E-state index contributed by atoms with van der Waals surface area (Å²) in [5, 5.41) is 7.88. The van der Waals surface area contributed by atoms with Crippen molar-refractivity contribution < 1.29 is 19.1 Å². The lowest BCUT2D eigenvalue weighted by atomic mass is 10.2. The minimum Gasteiger partial charge on any atom is -0.450 e. The van der Waals surface area contributed by atoms with Crippen LogP contribution in [0.3, 0.4) is 0 Å². The molecule has 0 unspecified atom stereocenters. The van der Waals surface area contributed by atoms with Gasteiger partial charge in [-0.2, -0.15) is 0 Å². The Morgan fingerprint density at radius 2 is 1.95 bits per heavy atom. The van der Waals surface area contributed by atoms with Crippen LogP contribution in [0, 0.1) is 0 Å². The molecule has 0 fully saturated rings. The summed E-state index contributed by atoms with van der Waals surface area (Å²) in [6.45, 7) is 2.90. The van der Waals surface area contributed by atoms with E-state index in [9.17, 15) is 14.4 Å². The summed E-state index contributed by atoms with van der Waals surface area (Å²) < 4.78 is 4.71. The molecule has 3 N–H and O–H groups in total. The Labute approximate surface area is 129 Å². The van der Waals surface area contributed by atoms with Crippen LogP contribution in [-0.2, 0) is 20.9 Å². The van der Waals surface area contributed by atoms with Gasteiger partial charge in [0.15, 0.2) is 0 Å². The quantitative estimate of drug-likeness (QED) is 0.474. The first-order chi connectivity index (χ1) is 10.7. The molecule has 3 amide bonds. The lowest BCUT2D eigenvalue weighted by Gasteiger charge is -2.07. The number of ether oxygens (including phenoxy) is 1. The fourth-order valence-corrected chi connectivity index (χ4v) is 1.71. The van der Waals surface area contributed by atoms with Crippen molar-refractivity contribution in [2.45, 2.75) is 26.3 Å². The van der Waals surface area contributed by atoms with Crippen molar-refractivity contribution in [1.82, 2.24) is 10.6 Å². The molecule has 7 nitrogen and oxygen atoms in total. The molecular weight excluding hydrogens is 286 g/mol. The van der Waals surface area contributed by atoms with E-state index >= 15 is 0 Å². The Morgan fingerprint density at radius 3 is 2.59 bits per heavy atom. The average molecular weight is 307 g/mol. The fraction of sp³-hybridized carbons (Fsp3) is 0.400. The number of anilines is 1. The van der Waals surface area contributed by atoms with Gasteiger partial charge in [-0.25, -0.2) is 4.79 Å². The molecule has 0 aliphatic carbocycles. The number of hydrogen-bond donors (Lipinski definition) is 3. The smallest absolute Gasteiger partial charge is 0.407 e. The van der Waals surface area contributed by atoms with E-state index in [-0.39, 0.29) is 5.91 Å². The van der Waals surface area contributed by atoms with Crippen LogP contribution in [0.2, 0.25) is 0 Å². The van der Waals surface area contributed by atoms with E-state index in [1.165, 1.54) is 0 Å². The number of hydrogen-bond acceptors (Lipinski definition) is 4. The standard InChI is InChI=1S/C15H21N3O4/c1-2-22-15(21)17-9-3-4-14(20)18-13-7-5-12(6-8-13)10-16-11-19/h5-8,11H,2-4,9-10H2,1H3,(H,16,19)(H,17,21)(H,18,20). The minimum atomic E-state index is -0.470. The number of rotatable bonds is 9. The molecule has 1 rings (SSSR count). The number of nitrogens with one attached hydrogen (secondary N) is 3. The van der Waals surface area contributed by atoms with E-state index in [4.69, 9.17) is 4.74 Å². The molecule has 120 valence electrons. The number of benzene rings is 1. The Kier molecular flexibility index (Phi) is 8.10. The largest absolute Gasteiger partial charge is 0.450 e. The highest BCUT2D eigenvalue weighted by Crippen LogP contribution is 2.10. The van der Waals surface area contributed by atoms with Gasteiger partial charge in [-0.3, -0.25) is 9.59 Å². The lowest BCUT2D eigenvalue weighted by molar-refractivity contribution is -0.116. The normalized spacial score (nSPS) is 9.68. The van der Waals surface area contributed by atoms with Crippen molar-refractivity contribution in [2.24, 2.45) is 0 Å². The van der Waals surface area contributed by atoms with Crippen LogP contribution < -0.4 is 16.0 Å². The summed E-state index contributed by atoms with van der Waals surface area (Å²) in [6.07, 6.45) is 1.01. The predicted octanol–water partition coefficient (Wildman–Crippen LogP) is 1.40. The molecule has 0 saturated heterocycles. The summed E-state index contributed by atoms with van der Waals surface area (Å²) in [6, 6.07) is 7.20. The molecule has 1 aromatic rings. The second kappa shape index (κ2) is 10.2. The Hall–Kier alpha value is -2.57. The summed E-state index contributed by atoms with van der Waals surface area (Å²) >= 11 is 0. The van der Waals surface area contributed by atoms with E-state index in [2.05, 4.69) is 16.0 Å². The molecule has 0 saturated carbocycles. The summed E-state index contributed by atoms with van der Waals surface area (Å²) in [5.41, 5.74) is 1.64. The third-order valence-electron chi connectivity index (χ3n) is 2.75. The summed E-state index contributed by atoms with van der Waals surface area (Å²) in [7, 11) is 0. The van der Waals surface area contributed by atoms with Gasteiger partial charge in [-0.1, -0.05) is 12.1 Å². The molecule has 0 aliphatic heterocycles. The van der Waals surface area contributed by atoms with E-state index in [0.717, 1.165) is 5.56 Å². The van der Waals surface area contributed by atoms with Gasteiger partial charge in [0.1, 0.15) is 0 Å². The fourth-order valence-electron chi connectivity index (χ4n) is 1.71. The average Bonchev–Trinajstić information content (AvgIpc) is 2.51. The van der Waals surface area contributed by atoms with Crippen LogP contribution in [0.4, 0.5) is 10.5 Å². The SMILES string of the molecule is CCOC(=O)NCCCC(=O)Nc1ccc(CNC=O)cc1. The Bertz CT molecular complexity index is 488. The molecule has 0 aliphatic rings. The van der Waals surface area contributed by atoms with Crippen molar-refractivity contribution >= 4 is 24.1 Å². The van der Waals surface area contributed by atoms with Crippen molar-refractivity contribution in [1.29, 1.82) is 0 Å². The molecule has 0 aromatic heterocycles.